The molecule has 2 rings (SSSR count). The van der Waals surface area contributed by atoms with E-state index < -0.39 is 22.8 Å². The van der Waals surface area contributed by atoms with Crippen LogP contribution in [0.5, 0.6) is 0 Å². The van der Waals surface area contributed by atoms with E-state index in [1.165, 1.54) is 0 Å². The van der Waals surface area contributed by atoms with Crippen LogP contribution in [0.25, 0.3) is 10.9 Å². The maximum atomic E-state index is 13.3. The minimum Gasteiger partial charge on any atom is -0.477 e. The van der Waals surface area contributed by atoms with Gasteiger partial charge in [0.05, 0.1) is 11.2 Å². The SMILES string of the molecule is O=C(O)c1c[nH]c2cc(NO)c(F)cc2c1=O. The Morgan fingerprint density at radius 1 is 1.41 bits per heavy atom. The van der Waals surface area contributed by atoms with Gasteiger partial charge >= 0.3 is 5.97 Å². The monoisotopic (exact) mass is 238 g/mol. The lowest BCUT2D eigenvalue weighted by atomic mass is 10.1. The van der Waals surface area contributed by atoms with Crippen LogP contribution in [0.3, 0.4) is 0 Å². The Bertz CT molecular complexity index is 665. The number of aromatic nitrogens is 1. The summed E-state index contributed by atoms with van der Waals surface area (Å²) in [5, 5.41) is 17.2. The molecule has 17 heavy (non-hydrogen) atoms. The average molecular weight is 238 g/mol. The highest BCUT2D eigenvalue weighted by molar-refractivity contribution is 5.93. The van der Waals surface area contributed by atoms with Crippen LogP contribution in [-0.2, 0) is 0 Å². The molecule has 7 heteroatoms. The summed E-state index contributed by atoms with van der Waals surface area (Å²) in [6.07, 6.45) is 1.02. The molecule has 0 aliphatic heterocycles. The van der Waals surface area contributed by atoms with Gasteiger partial charge in [-0.05, 0) is 12.1 Å². The van der Waals surface area contributed by atoms with Gasteiger partial charge < -0.3 is 10.1 Å². The summed E-state index contributed by atoms with van der Waals surface area (Å²) in [7, 11) is 0. The molecule has 0 radical (unpaired) electrons. The van der Waals surface area contributed by atoms with Gasteiger partial charge in [-0.3, -0.25) is 15.5 Å². The predicted octanol–water partition coefficient (Wildman–Crippen LogP) is 1.17. The molecule has 0 fully saturated rings. The first kappa shape index (κ1) is 11.1. The van der Waals surface area contributed by atoms with Crippen LogP contribution >= 0.6 is 0 Å². The summed E-state index contributed by atoms with van der Waals surface area (Å²) in [5.74, 6) is -2.24. The van der Waals surface area contributed by atoms with E-state index in [1.54, 1.807) is 5.48 Å². The van der Waals surface area contributed by atoms with Gasteiger partial charge in [0.25, 0.3) is 0 Å². The van der Waals surface area contributed by atoms with Crippen molar-refractivity contribution in [3.63, 3.8) is 0 Å². The van der Waals surface area contributed by atoms with Crippen LogP contribution in [0.15, 0.2) is 23.1 Å². The van der Waals surface area contributed by atoms with Crippen LogP contribution in [0, 0.1) is 5.82 Å². The highest BCUT2D eigenvalue weighted by atomic mass is 19.1. The van der Waals surface area contributed by atoms with Crippen LogP contribution in [0.4, 0.5) is 10.1 Å². The number of hydrogen-bond donors (Lipinski definition) is 4. The van der Waals surface area contributed by atoms with Gasteiger partial charge in [-0.2, -0.15) is 0 Å². The molecule has 0 spiro atoms. The van der Waals surface area contributed by atoms with E-state index in [0.717, 1.165) is 18.3 Å². The van der Waals surface area contributed by atoms with Crippen molar-refractivity contribution in [1.29, 1.82) is 0 Å². The molecule has 0 amide bonds. The molecule has 0 saturated carbocycles. The van der Waals surface area contributed by atoms with Gasteiger partial charge in [0.2, 0.25) is 5.43 Å². The third kappa shape index (κ3) is 1.72. The van der Waals surface area contributed by atoms with Gasteiger partial charge in [-0.15, -0.1) is 0 Å². The van der Waals surface area contributed by atoms with E-state index in [1.807, 2.05) is 0 Å². The van der Waals surface area contributed by atoms with Crippen molar-refractivity contribution < 1.29 is 19.5 Å². The molecule has 88 valence electrons. The molecule has 1 aromatic heterocycles. The van der Waals surface area contributed by atoms with Crippen molar-refractivity contribution in [2.24, 2.45) is 0 Å². The average Bonchev–Trinajstić information content (AvgIpc) is 2.29. The molecule has 0 aliphatic carbocycles. The number of aromatic amines is 1. The number of carboxylic acids is 1. The summed E-state index contributed by atoms with van der Waals surface area (Å²) in [4.78, 5) is 24.9. The molecular weight excluding hydrogens is 231 g/mol. The molecule has 0 unspecified atom stereocenters. The molecule has 4 N–H and O–H groups in total. The molecule has 0 aliphatic rings. The quantitative estimate of drug-likeness (QED) is 0.588. The molecule has 2 aromatic rings. The van der Waals surface area contributed by atoms with E-state index in [4.69, 9.17) is 10.3 Å². The lowest BCUT2D eigenvalue weighted by Crippen LogP contribution is -2.15. The van der Waals surface area contributed by atoms with Crippen molar-refractivity contribution in [2.75, 3.05) is 5.48 Å². The third-order valence-electron chi connectivity index (χ3n) is 2.32. The second-order valence-electron chi connectivity index (χ2n) is 3.33. The number of fused-ring (bicyclic) bond motifs is 1. The fourth-order valence-corrected chi connectivity index (χ4v) is 1.49. The Balaban J connectivity index is 2.83. The number of carboxylic acid groups (broad SMARTS) is 1. The van der Waals surface area contributed by atoms with E-state index in [2.05, 4.69) is 4.98 Å². The van der Waals surface area contributed by atoms with Gasteiger partial charge in [0.15, 0.2) is 0 Å². The lowest BCUT2D eigenvalue weighted by Gasteiger charge is -2.04. The Hall–Kier alpha value is -2.41. The molecule has 0 atom stereocenters. The van der Waals surface area contributed by atoms with Crippen LogP contribution in [0.2, 0.25) is 0 Å². The number of H-pyrrole nitrogens is 1. The zero-order chi connectivity index (χ0) is 12.6. The Labute approximate surface area is 93.3 Å². The number of carbonyl (C=O) groups is 1. The number of rotatable bonds is 2. The minimum absolute atomic E-state index is 0.0959. The number of nitrogens with one attached hydrogen (secondary N) is 2. The first-order valence-electron chi connectivity index (χ1n) is 4.53. The van der Waals surface area contributed by atoms with Crippen molar-refractivity contribution in [3.8, 4) is 0 Å². The number of aromatic carboxylic acids is 1. The maximum absolute atomic E-state index is 13.3. The number of halogens is 1. The zero-order valence-corrected chi connectivity index (χ0v) is 8.32. The Morgan fingerprint density at radius 3 is 2.71 bits per heavy atom. The lowest BCUT2D eigenvalue weighted by molar-refractivity contribution is 0.0695. The molecule has 1 heterocycles. The van der Waals surface area contributed by atoms with Gasteiger partial charge in [-0.25, -0.2) is 9.18 Å². The first-order chi connectivity index (χ1) is 8.04. The van der Waals surface area contributed by atoms with E-state index in [-0.39, 0.29) is 16.6 Å². The summed E-state index contributed by atoms with van der Waals surface area (Å²) < 4.78 is 13.3. The largest absolute Gasteiger partial charge is 0.477 e. The third-order valence-corrected chi connectivity index (χ3v) is 2.32. The van der Waals surface area contributed by atoms with E-state index in [9.17, 15) is 14.0 Å². The van der Waals surface area contributed by atoms with Crippen molar-refractivity contribution in [2.45, 2.75) is 0 Å². The molecule has 0 saturated heterocycles. The number of hydrogen-bond acceptors (Lipinski definition) is 4. The van der Waals surface area contributed by atoms with Crippen LogP contribution in [-0.4, -0.2) is 21.3 Å². The maximum Gasteiger partial charge on any atom is 0.341 e. The van der Waals surface area contributed by atoms with Crippen molar-refractivity contribution in [3.05, 3.63) is 39.9 Å². The number of benzene rings is 1. The minimum atomic E-state index is -1.39. The zero-order valence-electron chi connectivity index (χ0n) is 8.32. The molecular formula is C10H7FN2O4. The standard InChI is InChI=1S/C10H7FN2O4/c11-6-1-4-7(2-8(6)13-17)12-3-5(9(4)14)10(15)16/h1-3,13,17H,(H,12,14)(H,15,16). The fraction of sp³-hybridized carbons (Fsp3) is 0. The summed E-state index contributed by atoms with van der Waals surface area (Å²) >= 11 is 0. The highest BCUT2D eigenvalue weighted by Crippen LogP contribution is 2.19. The molecule has 0 bridgehead atoms. The molecule has 1 aromatic carbocycles. The highest BCUT2D eigenvalue weighted by Gasteiger charge is 2.13. The smallest absolute Gasteiger partial charge is 0.341 e. The first-order valence-corrected chi connectivity index (χ1v) is 4.53. The molecule has 6 nitrogen and oxygen atoms in total. The number of pyridine rings is 1. The Kier molecular flexibility index (Phi) is 2.52. The Morgan fingerprint density at radius 2 is 2.12 bits per heavy atom. The van der Waals surface area contributed by atoms with Crippen LogP contribution in [0.1, 0.15) is 10.4 Å². The normalized spacial score (nSPS) is 10.5. The second kappa shape index (κ2) is 3.87. The van der Waals surface area contributed by atoms with Gasteiger partial charge in [-0.1, -0.05) is 0 Å². The van der Waals surface area contributed by atoms with Gasteiger partial charge in [0, 0.05) is 11.6 Å². The van der Waals surface area contributed by atoms with E-state index >= 15 is 0 Å². The summed E-state index contributed by atoms with van der Waals surface area (Å²) in [5.41, 5.74) is 0.386. The summed E-state index contributed by atoms with van der Waals surface area (Å²) in [6, 6.07) is 2.02. The summed E-state index contributed by atoms with van der Waals surface area (Å²) in [6.45, 7) is 0. The van der Waals surface area contributed by atoms with Crippen molar-refractivity contribution in [1.82, 2.24) is 4.98 Å². The second-order valence-corrected chi connectivity index (χ2v) is 3.33. The van der Waals surface area contributed by atoms with Crippen molar-refractivity contribution >= 4 is 22.6 Å². The topological polar surface area (TPSA) is 102 Å². The van der Waals surface area contributed by atoms with E-state index in [0.29, 0.717) is 0 Å². The van der Waals surface area contributed by atoms with Crippen LogP contribution < -0.4 is 10.9 Å². The van der Waals surface area contributed by atoms with Gasteiger partial charge in [0.1, 0.15) is 11.4 Å². The predicted molar refractivity (Wildman–Crippen MR) is 56.9 cm³/mol. The fourth-order valence-electron chi connectivity index (χ4n) is 1.49. The number of anilines is 1.